The van der Waals surface area contributed by atoms with E-state index in [0.717, 1.165) is 54.1 Å². The summed E-state index contributed by atoms with van der Waals surface area (Å²) < 4.78 is 2.43. The van der Waals surface area contributed by atoms with Crippen LogP contribution in [-0.4, -0.2) is 56.2 Å². The Balaban J connectivity index is 0.000000141. The van der Waals surface area contributed by atoms with E-state index in [2.05, 4.69) is 103 Å². The maximum absolute atomic E-state index is 11.9. The molecule has 12 N–H and O–H groups in total. The van der Waals surface area contributed by atoms with Crippen LogP contribution in [0, 0.1) is 11.3 Å². The molecule has 1 amide bonds. The molecule has 0 fully saturated rings. The maximum atomic E-state index is 11.9. The van der Waals surface area contributed by atoms with Crippen molar-refractivity contribution < 1.29 is 4.79 Å². The van der Waals surface area contributed by atoms with Crippen molar-refractivity contribution in [1.82, 2.24) is 50.3 Å². The Hall–Kier alpha value is -8.86. The molecule has 12 aromatic rings. The van der Waals surface area contributed by atoms with Gasteiger partial charge in [0, 0.05) is 64.8 Å². The van der Waals surface area contributed by atoms with E-state index in [0.29, 0.717) is 39.3 Å². The predicted molar refractivity (Wildman–Crippen MR) is 250 cm³/mol. The van der Waals surface area contributed by atoms with Crippen LogP contribution in [0.5, 0.6) is 0 Å². The zero-order chi connectivity index (χ0) is 42.8. The largest absolute Gasteiger partial charge is 0.368 e. The molecule has 0 radical (unpaired) electrons. The van der Waals surface area contributed by atoms with Crippen molar-refractivity contribution in [2.24, 2.45) is 5.73 Å². The fourth-order valence-corrected chi connectivity index (χ4v) is 9.89. The number of anilines is 6. The molecule has 8 heterocycles. The van der Waals surface area contributed by atoms with Crippen LogP contribution < -0.4 is 27.8 Å². The molecule has 12 rings (SSSR count). The van der Waals surface area contributed by atoms with Gasteiger partial charge in [0.1, 0.15) is 29.0 Å². The second-order valence-corrected chi connectivity index (χ2v) is 16.6. The van der Waals surface area contributed by atoms with Gasteiger partial charge in [-0.2, -0.15) is 35.4 Å². The highest BCUT2D eigenvalue weighted by Crippen LogP contribution is 2.41. The summed E-state index contributed by atoms with van der Waals surface area (Å²) in [6, 6.07) is 31.1. The number of rotatable bonds is 7. The number of aromatic amines is 4. The molecule has 63 heavy (non-hydrogen) atoms. The Bertz CT molecular complexity index is 3740. The number of benzene rings is 4. The molecule has 0 aliphatic carbocycles. The molecule has 0 saturated heterocycles. The zero-order valence-corrected chi connectivity index (χ0v) is 34.1. The monoisotopic (exact) mass is 862 g/mol. The average molecular weight is 863 g/mol. The van der Waals surface area contributed by atoms with E-state index >= 15 is 0 Å². The smallest absolute Gasteiger partial charge is 0.251 e. The van der Waals surface area contributed by atoms with Gasteiger partial charge in [-0.05, 0) is 59.3 Å². The first-order valence-electron chi connectivity index (χ1n) is 19.2. The highest BCUT2D eigenvalue weighted by molar-refractivity contribution is 7.22. The van der Waals surface area contributed by atoms with E-state index in [1.807, 2.05) is 48.5 Å². The Kier molecular flexibility index (Phi) is 8.67. The zero-order valence-electron chi connectivity index (χ0n) is 32.5. The number of nitrogens with zero attached hydrogens (tertiary/aromatic N) is 7. The number of hydrogen-bond acceptors (Lipinski definition) is 14. The number of thiophene rings is 2. The van der Waals surface area contributed by atoms with Crippen molar-refractivity contribution in [3.05, 3.63) is 121 Å². The van der Waals surface area contributed by atoms with Crippen LogP contribution in [0.15, 0.2) is 110 Å². The lowest BCUT2D eigenvalue weighted by molar-refractivity contribution is 0.100. The lowest BCUT2D eigenvalue weighted by Gasteiger charge is -2.11. The molecule has 0 spiro atoms. The second kappa shape index (κ2) is 14.7. The van der Waals surface area contributed by atoms with E-state index in [-0.39, 0.29) is 17.5 Å². The number of carbonyl (C=O) groups excluding carboxylic acids is 1. The van der Waals surface area contributed by atoms with Gasteiger partial charge in [-0.1, -0.05) is 36.4 Å². The molecule has 0 unspecified atom stereocenters. The summed E-state index contributed by atoms with van der Waals surface area (Å²) >= 11 is 3.44. The van der Waals surface area contributed by atoms with Crippen molar-refractivity contribution in [2.45, 2.75) is 0 Å². The summed E-state index contributed by atoms with van der Waals surface area (Å²) in [4.78, 5) is 37.1. The highest BCUT2D eigenvalue weighted by Gasteiger charge is 2.19. The highest BCUT2D eigenvalue weighted by atomic mass is 32.1. The Morgan fingerprint density at radius 1 is 0.635 bits per heavy atom. The number of aromatic nitrogens is 10. The summed E-state index contributed by atoms with van der Waals surface area (Å²) in [5.74, 6) is 0.490. The van der Waals surface area contributed by atoms with Gasteiger partial charge in [0.25, 0.3) is 5.91 Å². The molecule has 0 aliphatic heterocycles. The summed E-state index contributed by atoms with van der Waals surface area (Å²) in [5, 5.41) is 36.1. The number of primary amides is 1. The fourth-order valence-electron chi connectivity index (χ4n) is 7.71. The van der Waals surface area contributed by atoms with E-state index in [1.54, 1.807) is 41.3 Å². The van der Waals surface area contributed by atoms with Gasteiger partial charge >= 0.3 is 0 Å². The number of nitriles is 1. The molecule has 19 heteroatoms. The molecular formula is C44H30N16OS2. The standard InChI is InChI=1S/C22H16N8OS.C22H14N8S/c23-19(31)14-9-25-20-17(14)21(29-22(24)28-20)27-12-5-11-8-26-30-18(11)13(7-12)16-6-10-3-1-2-4-15(10)32-16;23-8-13-9-25-20-18(13)21(29-22(24)28-20)27-14-5-12-10-26-30-19(12)15(7-14)17-6-11-3-1-2-4-16(11)31-17/h1-9H,(H2,23,31)(H,26,30)(H4,24,25,27,28,29);1-7,9-10H,(H,26,30)(H4,24,25,27,28,29). The Labute approximate surface area is 362 Å². The SMILES string of the molecule is N#Cc1c[nH]c2nc(N)nc(Nc3cc(-c4cc5ccccc5s4)c4[nH]ncc4c3)c12.NC(=O)c1c[nH]c2nc(N)nc(Nc3cc(-c4cc5ccccc5s4)c4[nH]ncc4c3)c12. The van der Waals surface area contributed by atoms with Gasteiger partial charge in [0.05, 0.1) is 45.3 Å². The molecule has 0 bridgehead atoms. The third-order valence-electron chi connectivity index (χ3n) is 10.5. The van der Waals surface area contributed by atoms with Crippen LogP contribution in [0.25, 0.3) is 84.9 Å². The molecular weight excluding hydrogens is 833 g/mol. The lowest BCUT2D eigenvalue weighted by atomic mass is 10.1. The van der Waals surface area contributed by atoms with Gasteiger partial charge in [-0.15, -0.1) is 22.7 Å². The van der Waals surface area contributed by atoms with Gasteiger partial charge in [0.15, 0.2) is 0 Å². The molecule has 17 nitrogen and oxygen atoms in total. The third-order valence-corrected chi connectivity index (χ3v) is 12.8. The van der Waals surface area contributed by atoms with Crippen LogP contribution in [-0.2, 0) is 0 Å². The number of amides is 1. The van der Waals surface area contributed by atoms with Gasteiger partial charge in [-0.3, -0.25) is 15.0 Å². The molecule has 0 saturated carbocycles. The minimum absolute atomic E-state index is 0.0759. The van der Waals surface area contributed by atoms with Crippen LogP contribution in [0.4, 0.5) is 34.9 Å². The number of nitrogens with one attached hydrogen (secondary N) is 6. The first-order valence-corrected chi connectivity index (χ1v) is 20.8. The predicted octanol–water partition coefficient (Wildman–Crippen LogP) is 9.05. The first kappa shape index (κ1) is 37.2. The summed E-state index contributed by atoms with van der Waals surface area (Å²) in [6.45, 7) is 0. The minimum atomic E-state index is -0.580. The van der Waals surface area contributed by atoms with Crippen LogP contribution >= 0.6 is 22.7 Å². The normalized spacial score (nSPS) is 11.4. The van der Waals surface area contributed by atoms with Crippen molar-refractivity contribution in [3.8, 4) is 27.0 Å². The topological polar surface area (TPSA) is 283 Å². The number of carbonyl (C=O) groups is 1. The van der Waals surface area contributed by atoms with Crippen LogP contribution in [0.1, 0.15) is 15.9 Å². The molecule has 0 atom stereocenters. The van der Waals surface area contributed by atoms with E-state index in [9.17, 15) is 10.1 Å². The minimum Gasteiger partial charge on any atom is -0.368 e. The van der Waals surface area contributed by atoms with Crippen molar-refractivity contribution >= 4 is 128 Å². The Morgan fingerprint density at radius 3 is 1.67 bits per heavy atom. The van der Waals surface area contributed by atoms with E-state index in [1.165, 1.54) is 26.4 Å². The quantitative estimate of drug-likeness (QED) is 0.0725. The number of nitrogens with two attached hydrogens (primary N) is 3. The number of fused-ring (bicyclic) bond motifs is 6. The molecule has 4 aromatic carbocycles. The fraction of sp³-hybridized carbons (Fsp3) is 0. The van der Waals surface area contributed by atoms with Crippen molar-refractivity contribution in [1.29, 1.82) is 5.26 Å². The van der Waals surface area contributed by atoms with Gasteiger partial charge < -0.3 is 37.8 Å². The number of hydrogen-bond donors (Lipinski definition) is 9. The third kappa shape index (κ3) is 6.60. The maximum Gasteiger partial charge on any atom is 0.251 e. The number of H-pyrrole nitrogens is 4. The molecule has 8 aromatic heterocycles. The van der Waals surface area contributed by atoms with Crippen molar-refractivity contribution in [3.63, 3.8) is 0 Å². The van der Waals surface area contributed by atoms with Gasteiger partial charge in [-0.25, -0.2) is 0 Å². The average Bonchev–Trinajstić information content (AvgIpc) is 4.14. The second-order valence-electron chi connectivity index (χ2n) is 14.5. The summed E-state index contributed by atoms with van der Waals surface area (Å²) in [6.07, 6.45) is 6.67. The van der Waals surface area contributed by atoms with Crippen LogP contribution in [0.3, 0.4) is 0 Å². The lowest BCUT2D eigenvalue weighted by Crippen LogP contribution is -2.11. The van der Waals surface area contributed by atoms with Crippen LogP contribution in [0.2, 0.25) is 0 Å². The Morgan fingerprint density at radius 2 is 1.14 bits per heavy atom. The molecule has 304 valence electrons. The van der Waals surface area contributed by atoms with E-state index in [4.69, 9.17) is 17.2 Å². The van der Waals surface area contributed by atoms with Crippen molar-refractivity contribution in [2.75, 3.05) is 22.1 Å². The summed E-state index contributed by atoms with van der Waals surface area (Å²) in [5.41, 5.74) is 24.5. The van der Waals surface area contributed by atoms with E-state index < -0.39 is 5.91 Å². The molecule has 0 aliphatic rings. The number of nitrogen functional groups attached to an aromatic ring is 2. The summed E-state index contributed by atoms with van der Waals surface area (Å²) in [7, 11) is 0. The first-order chi connectivity index (χ1) is 30.8. The van der Waals surface area contributed by atoms with Gasteiger partial charge in [0.2, 0.25) is 11.9 Å².